The first-order valence-corrected chi connectivity index (χ1v) is 3.91. The molecule has 0 fully saturated rings. The highest BCUT2D eigenvalue weighted by atomic mass is 79.9. The monoisotopic (exact) mass is 218 g/mol. The van der Waals surface area contributed by atoms with E-state index in [-0.39, 0.29) is 11.4 Å². The largest absolute Gasteiger partial charge is 0.393 e. The number of nitrogens with zero attached hydrogens (tertiary/aromatic N) is 1. The van der Waals surface area contributed by atoms with Crippen molar-refractivity contribution >= 4 is 15.9 Å². The van der Waals surface area contributed by atoms with Gasteiger partial charge in [0.15, 0.2) is 0 Å². The molecule has 60 valence electrons. The molecule has 1 rings (SSSR count). The molecule has 0 saturated carbocycles. The lowest BCUT2D eigenvalue weighted by molar-refractivity contribution is -0.421. The SMILES string of the molecule is NC1=CCCC(Br)=C1[N+](=O)[O-]. The molecular weight excluding hydrogens is 212 g/mol. The summed E-state index contributed by atoms with van der Waals surface area (Å²) in [7, 11) is 0. The van der Waals surface area contributed by atoms with Crippen LogP contribution in [0.25, 0.3) is 0 Å². The van der Waals surface area contributed by atoms with Crippen LogP contribution in [0, 0.1) is 10.1 Å². The molecule has 0 heterocycles. The van der Waals surface area contributed by atoms with E-state index in [1.165, 1.54) is 0 Å². The first kappa shape index (κ1) is 8.26. The summed E-state index contributed by atoms with van der Waals surface area (Å²) >= 11 is 3.11. The molecule has 0 aromatic carbocycles. The third-order valence-corrected chi connectivity index (χ3v) is 2.21. The maximum Gasteiger partial charge on any atom is 0.301 e. The van der Waals surface area contributed by atoms with Crippen molar-refractivity contribution in [1.29, 1.82) is 0 Å². The third-order valence-electron chi connectivity index (χ3n) is 1.44. The van der Waals surface area contributed by atoms with E-state index < -0.39 is 4.92 Å². The van der Waals surface area contributed by atoms with Gasteiger partial charge in [0.25, 0.3) is 0 Å². The summed E-state index contributed by atoms with van der Waals surface area (Å²) in [5.41, 5.74) is 5.67. The van der Waals surface area contributed by atoms with Gasteiger partial charge in [0, 0.05) is 0 Å². The molecule has 0 aromatic rings. The Morgan fingerprint density at radius 2 is 2.36 bits per heavy atom. The maximum absolute atomic E-state index is 10.4. The Hall–Kier alpha value is -0.840. The Kier molecular flexibility index (Phi) is 2.28. The summed E-state index contributed by atoms with van der Waals surface area (Å²) in [6.07, 6.45) is 3.10. The summed E-state index contributed by atoms with van der Waals surface area (Å²) in [6, 6.07) is 0. The van der Waals surface area contributed by atoms with Gasteiger partial charge < -0.3 is 5.73 Å². The van der Waals surface area contributed by atoms with Gasteiger partial charge in [-0.05, 0) is 28.8 Å². The van der Waals surface area contributed by atoms with Crippen LogP contribution in [0.15, 0.2) is 22.0 Å². The molecule has 0 bridgehead atoms. The van der Waals surface area contributed by atoms with E-state index >= 15 is 0 Å². The van der Waals surface area contributed by atoms with Crippen molar-refractivity contribution < 1.29 is 4.92 Å². The summed E-state index contributed by atoms with van der Waals surface area (Å²) in [5, 5.41) is 10.4. The van der Waals surface area contributed by atoms with Crippen molar-refractivity contribution in [3.05, 3.63) is 32.1 Å². The molecule has 0 saturated heterocycles. The zero-order chi connectivity index (χ0) is 8.43. The molecule has 0 radical (unpaired) electrons. The van der Waals surface area contributed by atoms with Crippen LogP contribution >= 0.6 is 15.9 Å². The van der Waals surface area contributed by atoms with E-state index in [1.54, 1.807) is 6.08 Å². The van der Waals surface area contributed by atoms with Gasteiger partial charge in [0.1, 0.15) is 5.70 Å². The minimum Gasteiger partial charge on any atom is -0.393 e. The molecule has 0 spiro atoms. The van der Waals surface area contributed by atoms with E-state index in [0.717, 1.165) is 6.42 Å². The molecule has 2 N–H and O–H groups in total. The van der Waals surface area contributed by atoms with Crippen LogP contribution in [0.4, 0.5) is 0 Å². The van der Waals surface area contributed by atoms with E-state index in [9.17, 15) is 10.1 Å². The lowest BCUT2D eigenvalue weighted by Crippen LogP contribution is -2.13. The van der Waals surface area contributed by atoms with Gasteiger partial charge in [-0.1, -0.05) is 6.08 Å². The summed E-state index contributed by atoms with van der Waals surface area (Å²) in [5.74, 6) is 0. The van der Waals surface area contributed by atoms with Crippen LogP contribution in [0.5, 0.6) is 0 Å². The molecule has 0 aliphatic heterocycles. The number of nitrogens with two attached hydrogens (primary N) is 1. The number of allylic oxidation sites excluding steroid dienone is 2. The Labute approximate surface area is 72.0 Å². The highest BCUT2D eigenvalue weighted by Crippen LogP contribution is 2.26. The molecule has 0 aromatic heterocycles. The molecule has 4 nitrogen and oxygen atoms in total. The van der Waals surface area contributed by atoms with E-state index in [4.69, 9.17) is 5.73 Å². The van der Waals surface area contributed by atoms with Crippen molar-refractivity contribution in [3.8, 4) is 0 Å². The summed E-state index contributed by atoms with van der Waals surface area (Å²) < 4.78 is 0.586. The predicted octanol–water partition coefficient (Wildman–Crippen LogP) is 1.51. The van der Waals surface area contributed by atoms with E-state index in [1.807, 2.05) is 0 Å². The molecule has 5 heteroatoms. The lowest BCUT2D eigenvalue weighted by atomic mass is 10.1. The van der Waals surface area contributed by atoms with Gasteiger partial charge in [-0.3, -0.25) is 10.1 Å². The lowest BCUT2D eigenvalue weighted by Gasteiger charge is -2.07. The first-order chi connectivity index (χ1) is 5.13. The van der Waals surface area contributed by atoms with Crippen LogP contribution in [-0.2, 0) is 0 Å². The standard InChI is InChI=1S/C6H7BrN2O2/c7-4-2-1-3-5(8)6(4)9(10)11/h3H,1-2,8H2. The molecule has 0 amide bonds. The van der Waals surface area contributed by atoms with E-state index in [0.29, 0.717) is 10.9 Å². The van der Waals surface area contributed by atoms with Gasteiger partial charge in [0.2, 0.25) is 0 Å². The van der Waals surface area contributed by atoms with Gasteiger partial charge >= 0.3 is 5.70 Å². The predicted molar refractivity (Wildman–Crippen MR) is 44.5 cm³/mol. The van der Waals surface area contributed by atoms with Crippen LogP contribution in [0.3, 0.4) is 0 Å². The van der Waals surface area contributed by atoms with Crippen molar-refractivity contribution in [2.45, 2.75) is 12.8 Å². The van der Waals surface area contributed by atoms with Crippen molar-refractivity contribution in [2.24, 2.45) is 5.73 Å². The van der Waals surface area contributed by atoms with Crippen LogP contribution in [0.1, 0.15) is 12.8 Å². The Bertz CT molecular complexity index is 257. The Morgan fingerprint density at radius 3 is 2.73 bits per heavy atom. The minimum atomic E-state index is -0.463. The first-order valence-electron chi connectivity index (χ1n) is 3.12. The van der Waals surface area contributed by atoms with Gasteiger partial charge in [-0.2, -0.15) is 0 Å². The van der Waals surface area contributed by atoms with Gasteiger partial charge in [-0.15, -0.1) is 0 Å². The summed E-state index contributed by atoms with van der Waals surface area (Å²) in [6.45, 7) is 0. The zero-order valence-corrected chi connectivity index (χ0v) is 7.30. The molecule has 0 unspecified atom stereocenters. The van der Waals surface area contributed by atoms with Crippen molar-refractivity contribution in [2.75, 3.05) is 0 Å². The number of nitro groups is 1. The smallest absolute Gasteiger partial charge is 0.301 e. The van der Waals surface area contributed by atoms with E-state index in [2.05, 4.69) is 15.9 Å². The zero-order valence-electron chi connectivity index (χ0n) is 5.71. The molecule has 1 aliphatic rings. The van der Waals surface area contributed by atoms with Crippen molar-refractivity contribution in [3.63, 3.8) is 0 Å². The average Bonchev–Trinajstić information content (AvgIpc) is 1.85. The fourth-order valence-corrected chi connectivity index (χ4v) is 1.53. The average molecular weight is 219 g/mol. The second-order valence-electron chi connectivity index (χ2n) is 2.21. The van der Waals surface area contributed by atoms with Crippen LogP contribution in [-0.4, -0.2) is 4.92 Å². The van der Waals surface area contributed by atoms with Crippen LogP contribution in [0.2, 0.25) is 0 Å². The van der Waals surface area contributed by atoms with Crippen molar-refractivity contribution in [1.82, 2.24) is 0 Å². The molecule has 11 heavy (non-hydrogen) atoms. The van der Waals surface area contributed by atoms with Gasteiger partial charge in [0.05, 0.1) is 9.41 Å². The molecule has 0 atom stereocenters. The Morgan fingerprint density at radius 1 is 1.73 bits per heavy atom. The second-order valence-corrected chi connectivity index (χ2v) is 3.17. The topological polar surface area (TPSA) is 69.2 Å². The normalized spacial score (nSPS) is 18.1. The quantitative estimate of drug-likeness (QED) is 0.536. The number of hydrogen-bond acceptors (Lipinski definition) is 3. The fraction of sp³-hybridized carbons (Fsp3) is 0.333. The number of rotatable bonds is 1. The number of hydrogen-bond donors (Lipinski definition) is 1. The highest BCUT2D eigenvalue weighted by molar-refractivity contribution is 9.11. The summed E-state index contributed by atoms with van der Waals surface area (Å²) in [4.78, 5) is 9.91. The maximum atomic E-state index is 10.4. The third kappa shape index (κ3) is 1.59. The molecule has 1 aliphatic carbocycles. The Balaban J connectivity index is 3.04. The fourth-order valence-electron chi connectivity index (χ4n) is 0.931. The number of halogens is 1. The van der Waals surface area contributed by atoms with Gasteiger partial charge in [-0.25, -0.2) is 0 Å². The van der Waals surface area contributed by atoms with Crippen LogP contribution < -0.4 is 5.73 Å². The minimum absolute atomic E-state index is 0.0104. The second kappa shape index (κ2) is 3.04. The highest BCUT2D eigenvalue weighted by Gasteiger charge is 2.22. The molecular formula is C6H7BrN2O2.